The number of alkyl halides is 3. The van der Waals surface area contributed by atoms with Crippen molar-refractivity contribution in [1.29, 1.82) is 0 Å². The number of carbonyl (C=O) groups is 1. The quantitative estimate of drug-likeness (QED) is 0.332. The van der Waals surface area contributed by atoms with E-state index in [1.807, 2.05) is 23.2 Å². The first-order valence-electron chi connectivity index (χ1n) is 13.3. The number of rotatable bonds is 10. The summed E-state index contributed by atoms with van der Waals surface area (Å²) in [4.78, 5) is 13.1. The van der Waals surface area contributed by atoms with Gasteiger partial charge < -0.3 is 29.0 Å². The van der Waals surface area contributed by atoms with Crippen LogP contribution in [0.5, 0.6) is 17.2 Å². The zero-order valence-corrected chi connectivity index (χ0v) is 22.8. The molecule has 3 aromatic rings. The van der Waals surface area contributed by atoms with E-state index in [4.69, 9.17) is 19.3 Å². The molecule has 1 saturated heterocycles. The van der Waals surface area contributed by atoms with E-state index < -0.39 is 18.9 Å². The van der Waals surface area contributed by atoms with Gasteiger partial charge in [-0.05, 0) is 78.7 Å². The maximum absolute atomic E-state index is 12.7. The van der Waals surface area contributed by atoms with E-state index in [1.54, 1.807) is 37.3 Å². The molecule has 9 nitrogen and oxygen atoms in total. The second kappa shape index (κ2) is 12.5. The topological polar surface area (TPSA) is 92.7 Å². The van der Waals surface area contributed by atoms with Crippen molar-refractivity contribution >= 4 is 17.3 Å². The number of nitrogens with one attached hydrogen (secondary N) is 1. The Labute approximate surface area is 240 Å². The third-order valence-electron chi connectivity index (χ3n) is 6.75. The van der Waals surface area contributed by atoms with Crippen molar-refractivity contribution in [1.82, 2.24) is 5.43 Å². The number of halogens is 3. The van der Waals surface area contributed by atoms with Gasteiger partial charge in [0.15, 0.2) is 6.61 Å². The molecule has 0 aliphatic carbocycles. The molecule has 0 bridgehead atoms. The van der Waals surface area contributed by atoms with Gasteiger partial charge in [0.1, 0.15) is 23.9 Å². The van der Waals surface area contributed by atoms with Gasteiger partial charge in [-0.25, -0.2) is 4.79 Å². The maximum atomic E-state index is 12.7. The lowest BCUT2D eigenvalue weighted by Gasteiger charge is -2.30. The monoisotopic (exact) mass is 585 g/mol. The van der Waals surface area contributed by atoms with Gasteiger partial charge >= 0.3 is 12.3 Å². The van der Waals surface area contributed by atoms with Crippen LogP contribution >= 0.6 is 0 Å². The highest BCUT2D eigenvalue weighted by Crippen LogP contribution is 2.35. The molecule has 1 fully saturated rings. The fourth-order valence-electron chi connectivity index (χ4n) is 4.76. The number of hydrazine groups is 1. The minimum absolute atomic E-state index is 0.183. The van der Waals surface area contributed by atoms with Gasteiger partial charge in [0.25, 0.3) is 0 Å². The molecule has 0 aromatic heterocycles. The standard InChI is InChI=1S/C30H30F3N3O6/c1-20-16-26(10-11-28(20)41-19-29(37)38)40-18-22-17-27(21-2-4-23(5-3-21)35-12-14-39-15-13-35)36(34-22)24-6-8-25(9-7-24)42-30(31,32)33/h2-11,16-17,27,34H,12-15,18-19H2,1H3,(H,37,38). The second-order valence-electron chi connectivity index (χ2n) is 9.75. The summed E-state index contributed by atoms with van der Waals surface area (Å²) in [6.45, 7) is 4.53. The van der Waals surface area contributed by atoms with Crippen molar-refractivity contribution in [3.63, 3.8) is 0 Å². The lowest BCUT2D eigenvalue weighted by molar-refractivity contribution is -0.274. The number of benzene rings is 3. The Morgan fingerprint density at radius 2 is 1.64 bits per heavy atom. The number of hydrogen-bond donors (Lipinski definition) is 2. The van der Waals surface area contributed by atoms with Gasteiger partial charge in [0.05, 0.1) is 30.6 Å². The Bertz CT molecular complexity index is 1410. The molecule has 12 heteroatoms. The zero-order valence-electron chi connectivity index (χ0n) is 22.8. The Morgan fingerprint density at radius 1 is 0.976 bits per heavy atom. The van der Waals surface area contributed by atoms with Gasteiger partial charge in [0.2, 0.25) is 0 Å². The minimum atomic E-state index is -4.77. The summed E-state index contributed by atoms with van der Waals surface area (Å²) in [5.41, 5.74) is 7.49. The van der Waals surface area contributed by atoms with Gasteiger partial charge in [-0.1, -0.05) is 12.1 Å². The molecule has 42 heavy (non-hydrogen) atoms. The van der Waals surface area contributed by atoms with Crippen LogP contribution < -0.4 is 29.5 Å². The van der Waals surface area contributed by atoms with E-state index >= 15 is 0 Å². The largest absolute Gasteiger partial charge is 0.573 e. The Balaban J connectivity index is 1.33. The van der Waals surface area contributed by atoms with Crippen molar-refractivity contribution < 1.29 is 42.0 Å². The predicted molar refractivity (Wildman–Crippen MR) is 149 cm³/mol. The number of carboxylic acids is 1. The molecular formula is C30H30F3N3O6. The Morgan fingerprint density at radius 3 is 2.29 bits per heavy atom. The number of ether oxygens (including phenoxy) is 4. The average molecular weight is 586 g/mol. The molecule has 2 aliphatic rings. The molecule has 5 rings (SSSR count). The highest BCUT2D eigenvalue weighted by molar-refractivity contribution is 5.68. The van der Waals surface area contributed by atoms with Crippen molar-refractivity contribution in [2.24, 2.45) is 0 Å². The van der Waals surface area contributed by atoms with Crippen LogP contribution in [0.4, 0.5) is 24.5 Å². The SMILES string of the molecule is Cc1cc(OCC2=CC(c3ccc(N4CCOCC4)cc3)N(c3ccc(OC(F)(F)F)cc3)N2)ccc1OCC(=O)O. The number of carboxylic acid groups (broad SMARTS) is 1. The summed E-state index contributed by atoms with van der Waals surface area (Å²) in [6, 6.07) is 18.7. The van der Waals surface area contributed by atoms with E-state index in [1.165, 1.54) is 12.1 Å². The van der Waals surface area contributed by atoms with Crippen LogP contribution in [0.25, 0.3) is 0 Å². The van der Waals surface area contributed by atoms with Crippen LogP contribution in [-0.2, 0) is 9.53 Å². The molecule has 0 spiro atoms. The molecule has 222 valence electrons. The lowest BCUT2D eigenvalue weighted by Crippen LogP contribution is -2.36. The van der Waals surface area contributed by atoms with Gasteiger partial charge in [0, 0.05) is 18.8 Å². The number of morpholine rings is 1. The molecule has 0 saturated carbocycles. The molecule has 3 aromatic carbocycles. The number of nitrogens with zero attached hydrogens (tertiary/aromatic N) is 2. The maximum Gasteiger partial charge on any atom is 0.573 e. The fourth-order valence-corrected chi connectivity index (χ4v) is 4.76. The molecule has 0 amide bonds. The van der Waals surface area contributed by atoms with Crippen molar-refractivity contribution in [3.8, 4) is 17.2 Å². The summed E-state index contributed by atoms with van der Waals surface area (Å²) in [5, 5.41) is 10.7. The average Bonchev–Trinajstić information content (AvgIpc) is 3.40. The van der Waals surface area contributed by atoms with Crippen molar-refractivity contribution in [3.05, 3.63) is 89.6 Å². The van der Waals surface area contributed by atoms with E-state index in [9.17, 15) is 18.0 Å². The van der Waals surface area contributed by atoms with Crippen LogP contribution in [-0.4, -0.2) is 57.0 Å². The van der Waals surface area contributed by atoms with Crippen LogP contribution in [0.2, 0.25) is 0 Å². The number of hydrogen-bond acceptors (Lipinski definition) is 8. The van der Waals surface area contributed by atoms with Crippen LogP contribution in [0.3, 0.4) is 0 Å². The van der Waals surface area contributed by atoms with Crippen LogP contribution in [0, 0.1) is 6.92 Å². The van der Waals surface area contributed by atoms with E-state index in [0.717, 1.165) is 35.6 Å². The summed E-state index contributed by atoms with van der Waals surface area (Å²) in [7, 11) is 0. The third kappa shape index (κ3) is 7.38. The van der Waals surface area contributed by atoms with Crippen molar-refractivity contribution in [2.45, 2.75) is 19.3 Å². The first-order valence-corrected chi connectivity index (χ1v) is 13.3. The van der Waals surface area contributed by atoms with Crippen molar-refractivity contribution in [2.75, 3.05) is 49.4 Å². The van der Waals surface area contributed by atoms with E-state index in [0.29, 0.717) is 30.4 Å². The summed E-state index contributed by atoms with van der Waals surface area (Å²) in [6.07, 6.45) is -2.77. The zero-order chi connectivity index (χ0) is 29.7. The third-order valence-corrected chi connectivity index (χ3v) is 6.75. The second-order valence-corrected chi connectivity index (χ2v) is 9.75. The Hall–Kier alpha value is -4.58. The fraction of sp³-hybridized carbons (Fsp3) is 0.300. The van der Waals surface area contributed by atoms with Gasteiger partial charge in [-0.15, -0.1) is 13.2 Å². The molecule has 0 radical (unpaired) electrons. The molecule has 1 unspecified atom stereocenters. The molecule has 2 aliphatic heterocycles. The smallest absolute Gasteiger partial charge is 0.487 e. The van der Waals surface area contributed by atoms with E-state index in [-0.39, 0.29) is 18.4 Å². The summed E-state index contributed by atoms with van der Waals surface area (Å²) in [5.74, 6) is -0.352. The minimum Gasteiger partial charge on any atom is -0.487 e. The Kier molecular flexibility index (Phi) is 8.62. The van der Waals surface area contributed by atoms with Gasteiger partial charge in [-0.3, -0.25) is 10.4 Å². The summed E-state index contributed by atoms with van der Waals surface area (Å²) >= 11 is 0. The first kappa shape index (κ1) is 28.9. The number of anilines is 2. The number of aryl methyl sites for hydroxylation is 1. The molecule has 1 atom stereocenters. The molecular weight excluding hydrogens is 555 g/mol. The lowest BCUT2D eigenvalue weighted by atomic mass is 10.0. The summed E-state index contributed by atoms with van der Waals surface area (Å²) < 4.78 is 58.8. The molecule has 2 heterocycles. The van der Waals surface area contributed by atoms with Crippen LogP contribution in [0.1, 0.15) is 17.2 Å². The van der Waals surface area contributed by atoms with Crippen LogP contribution in [0.15, 0.2) is 78.5 Å². The number of aliphatic carboxylic acids is 1. The van der Waals surface area contributed by atoms with Gasteiger partial charge in [-0.2, -0.15) is 0 Å². The highest BCUT2D eigenvalue weighted by Gasteiger charge is 2.32. The molecule has 2 N–H and O–H groups in total. The van der Waals surface area contributed by atoms with E-state index in [2.05, 4.69) is 27.2 Å². The predicted octanol–water partition coefficient (Wildman–Crippen LogP) is 5.22. The normalized spacial score (nSPS) is 17.0. The first-order chi connectivity index (χ1) is 20.1. The highest BCUT2D eigenvalue weighted by atomic mass is 19.4.